The van der Waals surface area contributed by atoms with Crippen molar-refractivity contribution in [2.45, 2.75) is 13.3 Å². The number of amides is 1. The van der Waals surface area contributed by atoms with E-state index in [4.69, 9.17) is 14.9 Å². The van der Waals surface area contributed by atoms with Crippen molar-refractivity contribution >= 4 is 17.8 Å². The molecule has 1 heterocycles. The number of hydrogen-bond donors (Lipinski definition) is 1. The predicted octanol–water partition coefficient (Wildman–Crippen LogP) is 0.428. The first-order chi connectivity index (χ1) is 8.63. The predicted molar refractivity (Wildman–Crippen MR) is 62.7 cm³/mol. The Morgan fingerprint density at radius 3 is 2.56 bits per heavy atom. The van der Waals surface area contributed by atoms with Crippen molar-refractivity contribution in [3.05, 3.63) is 0 Å². The Labute approximate surface area is 105 Å². The summed E-state index contributed by atoms with van der Waals surface area (Å²) in [6, 6.07) is 0. The molecule has 18 heavy (non-hydrogen) atoms. The maximum Gasteiger partial charge on any atom is 0.410 e. The zero-order chi connectivity index (χ0) is 13.4. The van der Waals surface area contributed by atoms with Crippen molar-refractivity contribution in [3.8, 4) is 0 Å². The Morgan fingerprint density at radius 2 is 1.94 bits per heavy atom. The summed E-state index contributed by atoms with van der Waals surface area (Å²) in [4.78, 5) is 24.1. The number of nitrogens with zero attached hydrogens (tertiary/aromatic N) is 1. The van der Waals surface area contributed by atoms with E-state index in [9.17, 15) is 9.59 Å². The van der Waals surface area contributed by atoms with Crippen molar-refractivity contribution < 1.29 is 23.8 Å². The number of carbonyl (C=O) groups excluding carboxylic acids is 2. The molecular formula is C11H18N2O5. The lowest BCUT2D eigenvalue weighted by Gasteiger charge is -2.25. The lowest BCUT2D eigenvalue weighted by atomic mass is 10.3. The van der Waals surface area contributed by atoms with Crippen LogP contribution in [0, 0.1) is 5.41 Å². The van der Waals surface area contributed by atoms with Crippen LogP contribution in [0.4, 0.5) is 4.79 Å². The topological polar surface area (TPSA) is 88.9 Å². The Kier molecular flexibility index (Phi) is 6.13. The second-order valence-electron chi connectivity index (χ2n) is 3.74. The van der Waals surface area contributed by atoms with Gasteiger partial charge >= 0.3 is 12.1 Å². The summed E-state index contributed by atoms with van der Waals surface area (Å²) in [7, 11) is 0. The molecule has 1 aliphatic rings. The van der Waals surface area contributed by atoms with Crippen LogP contribution in [-0.4, -0.2) is 62.2 Å². The maximum absolute atomic E-state index is 11.5. The van der Waals surface area contributed by atoms with E-state index in [0.29, 0.717) is 26.3 Å². The third-order valence-corrected chi connectivity index (χ3v) is 2.30. The molecule has 0 aliphatic carbocycles. The van der Waals surface area contributed by atoms with Crippen LogP contribution < -0.4 is 0 Å². The van der Waals surface area contributed by atoms with E-state index in [0.717, 1.165) is 0 Å². The number of carbonyl (C=O) groups is 2. The summed E-state index contributed by atoms with van der Waals surface area (Å²) in [5.41, 5.74) is 0.0232. The van der Waals surface area contributed by atoms with Gasteiger partial charge in [0.05, 0.1) is 32.0 Å². The van der Waals surface area contributed by atoms with Crippen LogP contribution >= 0.6 is 0 Å². The van der Waals surface area contributed by atoms with Crippen molar-refractivity contribution in [2.24, 2.45) is 0 Å². The molecule has 1 fully saturated rings. The number of nitrogens with one attached hydrogen (secondary N) is 1. The van der Waals surface area contributed by atoms with Crippen LogP contribution in [0.15, 0.2) is 0 Å². The molecule has 7 heteroatoms. The highest BCUT2D eigenvalue weighted by molar-refractivity contribution is 5.98. The fourth-order valence-electron chi connectivity index (χ4n) is 1.42. The molecule has 0 atom stereocenters. The Morgan fingerprint density at radius 1 is 1.28 bits per heavy atom. The van der Waals surface area contributed by atoms with Crippen molar-refractivity contribution in [1.29, 1.82) is 5.41 Å². The zero-order valence-corrected chi connectivity index (χ0v) is 10.4. The minimum Gasteiger partial charge on any atom is -0.466 e. The highest BCUT2D eigenvalue weighted by Gasteiger charge is 2.18. The highest BCUT2D eigenvalue weighted by atomic mass is 16.6. The number of morpholine rings is 1. The molecule has 7 nitrogen and oxygen atoms in total. The van der Waals surface area contributed by atoms with Gasteiger partial charge in [-0.3, -0.25) is 4.79 Å². The van der Waals surface area contributed by atoms with E-state index in [2.05, 4.69) is 4.74 Å². The number of rotatable bonds is 5. The van der Waals surface area contributed by atoms with Crippen molar-refractivity contribution in [1.82, 2.24) is 4.90 Å². The van der Waals surface area contributed by atoms with Crippen LogP contribution in [0.2, 0.25) is 0 Å². The molecule has 0 saturated carbocycles. The second-order valence-corrected chi connectivity index (χ2v) is 3.74. The van der Waals surface area contributed by atoms with Gasteiger partial charge in [0.1, 0.15) is 6.61 Å². The first kappa shape index (κ1) is 14.4. The monoisotopic (exact) mass is 258 g/mol. The third kappa shape index (κ3) is 5.13. The SMILES string of the molecule is CCOC(=O)CC(=N)COC(=O)N1CCOCC1. The third-order valence-electron chi connectivity index (χ3n) is 2.30. The van der Waals surface area contributed by atoms with E-state index >= 15 is 0 Å². The average Bonchev–Trinajstić information content (AvgIpc) is 2.37. The summed E-state index contributed by atoms with van der Waals surface area (Å²) < 4.78 is 14.7. The molecule has 1 amide bonds. The number of hydrogen-bond acceptors (Lipinski definition) is 6. The van der Waals surface area contributed by atoms with Crippen LogP contribution in [0.5, 0.6) is 0 Å². The Bertz CT molecular complexity index is 313. The van der Waals surface area contributed by atoms with E-state index in [1.54, 1.807) is 6.92 Å². The van der Waals surface area contributed by atoms with Crippen LogP contribution in [0.25, 0.3) is 0 Å². The summed E-state index contributed by atoms with van der Waals surface area (Å²) in [6.07, 6.45) is -0.628. The first-order valence-electron chi connectivity index (χ1n) is 5.85. The van der Waals surface area contributed by atoms with E-state index < -0.39 is 12.1 Å². The summed E-state index contributed by atoms with van der Waals surface area (Å²) in [6.45, 7) is 3.76. The molecule has 0 unspecified atom stereocenters. The van der Waals surface area contributed by atoms with Gasteiger partial charge in [0, 0.05) is 13.1 Å². The summed E-state index contributed by atoms with van der Waals surface area (Å²) in [5, 5.41) is 7.48. The molecule has 0 radical (unpaired) electrons. The van der Waals surface area contributed by atoms with E-state index in [1.165, 1.54) is 4.90 Å². The van der Waals surface area contributed by atoms with Crippen molar-refractivity contribution in [3.63, 3.8) is 0 Å². The quantitative estimate of drug-likeness (QED) is 0.570. The van der Waals surface area contributed by atoms with E-state index in [1.807, 2.05) is 0 Å². The average molecular weight is 258 g/mol. The standard InChI is InChI=1S/C11H18N2O5/c1-2-17-10(14)7-9(12)8-18-11(15)13-3-5-16-6-4-13/h12H,2-8H2,1H3. The fourth-order valence-corrected chi connectivity index (χ4v) is 1.42. The fraction of sp³-hybridized carbons (Fsp3) is 0.727. The van der Waals surface area contributed by atoms with Gasteiger partial charge in [0.15, 0.2) is 0 Å². The van der Waals surface area contributed by atoms with Crippen LogP contribution in [0.1, 0.15) is 13.3 Å². The molecule has 0 bridgehead atoms. The van der Waals surface area contributed by atoms with Gasteiger partial charge in [-0.15, -0.1) is 0 Å². The maximum atomic E-state index is 11.5. The number of esters is 1. The zero-order valence-electron chi connectivity index (χ0n) is 10.4. The van der Waals surface area contributed by atoms with Gasteiger partial charge in [-0.1, -0.05) is 0 Å². The largest absolute Gasteiger partial charge is 0.466 e. The highest BCUT2D eigenvalue weighted by Crippen LogP contribution is 2.00. The normalized spacial score (nSPS) is 15.1. The Hall–Kier alpha value is -1.63. The van der Waals surface area contributed by atoms with Crippen LogP contribution in [-0.2, 0) is 19.0 Å². The smallest absolute Gasteiger partial charge is 0.410 e. The lowest BCUT2D eigenvalue weighted by Crippen LogP contribution is -2.41. The van der Waals surface area contributed by atoms with Gasteiger partial charge in [-0.2, -0.15) is 0 Å². The summed E-state index contributed by atoms with van der Waals surface area (Å²) >= 11 is 0. The lowest BCUT2D eigenvalue weighted by molar-refractivity contribution is -0.141. The molecular weight excluding hydrogens is 240 g/mol. The van der Waals surface area contributed by atoms with Crippen LogP contribution in [0.3, 0.4) is 0 Å². The van der Waals surface area contributed by atoms with Gasteiger partial charge in [0.2, 0.25) is 0 Å². The summed E-state index contributed by atoms with van der Waals surface area (Å²) in [5.74, 6) is -0.482. The minimum atomic E-state index is -0.482. The molecule has 0 spiro atoms. The number of ether oxygens (including phenoxy) is 3. The minimum absolute atomic E-state index is 0.0232. The van der Waals surface area contributed by atoms with Gasteiger partial charge in [-0.25, -0.2) is 4.79 Å². The van der Waals surface area contributed by atoms with E-state index in [-0.39, 0.29) is 25.3 Å². The molecule has 1 saturated heterocycles. The Balaban J connectivity index is 2.20. The second kappa shape index (κ2) is 7.65. The van der Waals surface area contributed by atoms with Gasteiger partial charge in [-0.05, 0) is 6.92 Å². The molecule has 0 aromatic heterocycles. The molecule has 1 N–H and O–H groups in total. The van der Waals surface area contributed by atoms with Crippen molar-refractivity contribution in [2.75, 3.05) is 39.5 Å². The molecule has 1 aliphatic heterocycles. The molecule has 0 aromatic carbocycles. The molecule has 1 rings (SSSR count). The molecule has 0 aromatic rings. The van der Waals surface area contributed by atoms with Gasteiger partial charge < -0.3 is 24.5 Å². The molecule has 102 valence electrons. The van der Waals surface area contributed by atoms with Gasteiger partial charge in [0.25, 0.3) is 0 Å². The first-order valence-corrected chi connectivity index (χ1v) is 5.85.